The quantitative estimate of drug-likeness (QED) is 0.822. The lowest BCUT2D eigenvalue weighted by molar-refractivity contribution is 0.332. The van der Waals surface area contributed by atoms with Gasteiger partial charge < -0.3 is 10.1 Å². The Hall–Kier alpha value is -2.59. The van der Waals surface area contributed by atoms with Gasteiger partial charge in [0, 0.05) is 12.8 Å². The van der Waals surface area contributed by atoms with Crippen LogP contribution < -0.4 is 10.1 Å². The van der Waals surface area contributed by atoms with Gasteiger partial charge in [0.15, 0.2) is 9.84 Å². The number of nitriles is 1. The third-order valence-electron chi connectivity index (χ3n) is 3.06. The number of sulfone groups is 1. The van der Waals surface area contributed by atoms with Crippen LogP contribution in [-0.2, 0) is 9.84 Å². The highest BCUT2D eigenvalue weighted by molar-refractivity contribution is 7.90. The van der Waals surface area contributed by atoms with E-state index in [-0.39, 0.29) is 17.1 Å². The van der Waals surface area contributed by atoms with E-state index in [0.29, 0.717) is 18.0 Å². The van der Waals surface area contributed by atoms with Crippen molar-refractivity contribution in [3.05, 3.63) is 53.8 Å². The summed E-state index contributed by atoms with van der Waals surface area (Å²) in [6.45, 7) is 0.644. The number of hydrogen-bond acceptors (Lipinski definition) is 5. The van der Waals surface area contributed by atoms with E-state index < -0.39 is 15.7 Å². The predicted molar refractivity (Wildman–Crippen MR) is 84.7 cm³/mol. The first-order chi connectivity index (χ1) is 10.9. The average Bonchev–Trinajstić information content (AvgIpc) is 2.51. The molecular formula is C16H15FN2O3S. The van der Waals surface area contributed by atoms with Gasteiger partial charge in [0.2, 0.25) is 0 Å². The van der Waals surface area contributed by atoms with Crippen molar-refractivity contribution in [2.24, 2.45) is 0 Å². The van der Waals surface area contributed by atoms with Crippen molar-refractivity contribution < 1.29 is 17.5 Å². The van der Waals surface area contributed by atoms with E-state index in [9.17, 15) is 12.8 Å². The lowest BCUT2D eigenvalue weighted by Gasteiger charge is -2.10. The van der Waals surface area contributed by atoms with Crippen molar-refractivity contribution in [2.75, 3.05) is 24.7 Å². The van der Waals surface area contributed by atoms with E-state index in [1.54, 1.807) is 18.2 Å². The zero-order chi connectivity index (χ0) is 16.9. The first kappa shape index (κ1) is 16.8. The summed E-state index contributed by atoms with van der Waals surface area (Å²) in [6, 6.07) is 12.2. The van der Waals surface area contributed by atoms with Gasteiger partial charge in [0.25, 0.3) is 0 Å². The van der Waals surface area contributed by atoms with E-state index in [1.165, 1.54) is 24.3 Å². The van der Waals surface area contributed by atoms with Crippen LogP contribution in [0, 0.1) is 17.1 Å². The molecule has 1 N–H and O–H groups in total. The molecule has 7 heteroatoms. The van der Waals surface area contributed by atoms with Crippen LogP contribution in [0.4, 0.5) is 10.1 Å². The lowest BCUT2D eigenvalue weighted by Crippen LogP contribution is -2.12. The molecule has 0 aliphatic rings. The molecule has 0 atom stereocenters. The molecule has 0 aromatic heterocycles. The number of hydrogen-bond donors (Lipinski definition) is 1. The predicted octanol–water partition coefficient (Wildman–Crippen LogP) is 2.59. The fourth-order valence-corrected chi connectivity index (χ4v) is 2.55. The number of ether oxygens (including phenoxy) is 1. The molecule has 0 aliphatic carbocycles. The Labute approximate surface area is 134 Å². The molecular weight excluding hydrogens is 319 g/mol. The van der Waals surface area contributed by atoms with Gasteiger partial charge in [-0.1, -0.05) is 6.07 Å². The molecule has 0 aliphatic heterocycles. The van der Waals surface area contributed by atoms with Gasteiger partial charge in [0.1, 0.15) is 29.8 Å². The number of nitrogens with one attached hydrogen (secondary N) is 1. The van der Waals surface area contributed by atoms with Crippen molar-refractivity contribution in [1.82, 2.24) is 0 Å². The molecule has 2 aromatic carbocycles. The summed E-state index contributed by atoms with van der Waals surface area (Å²) in [5.74, 6) is -0.0475. The minimum absolute atomic E-state index is 0.0370. The number of anilines is 1. The Morgan fingerprint density at radius 2 is 1.91 bits per heavy atom. The minimum atomic E-state index is -3.23. The van der Waals surface area contributed by atoms with Crippen molar-refractivity contribution in [3.63, 3.8) is 0 Å². The van der Waals surface area contributed by atoms with E-state index in [4.69, 9.17) is 10.00 Å². The molecule has 0 saturated heterocycles. The summed E-state index contributed by atoms with van der Waals surface area (Å²) in [7, 11) is -3.23. The van der Waals surface area contributed by atoms with Crippen molar-refractivity contribution in [2.45, 2.75) is 4.90 Å². The smallest absolute Gasteiger partial charge is 0.175 e. The van der Waals surface area contributed by atoms with E-state index in [2.05, 4.69) is 5.32 Å². The SMILES string of the molecule is CS(=O)(=O)c1ccc(OCCNc2cccc(F)c2C#N)cc1. The molecule has 5 nitrogen and oxygen atoms in total. The summed E-state index contributed by atoms with van der Waals surface area (Å²) in [4.78, 5) is 0.224. The maximum Gasteiger partial charge on any atom is 0.175 e. The third kappa shape index (κ3) is 4.44. The van der Waals surface area contributed by atoms with Gasteiger partial charge in [-0.25, -0.2) is 12.8 Å². The molecule has 0 unspecified atom stereocenters. The maximum atomic E-state index is 13.4. The Morgan fingerprint density at radius 3 is 2.52 bits per heavy atom. The largest absolute Gasteiger partial charge is 0.492 e. The molecule has 2 rings (SSSR count). The Bertz CT molecular complexity index is 827. The van der Waals surface area contributed by atoms with Gasteiger partial charge in [-0.05, 0) is 36.4 Å². The van der Waals surface area contributed by atoms with Gasteiger partial charge in [-0.2, -0.15) is 5.26 Å². The number of halogens is 1. The highest BCUT2D eigenvalue weighted by atomic mass is 32.2. The fourth-order valence-electron chi connectivity index (χ4n) is 1.92. The molecule has 23 heavy (non-hydrogen) atoms. The van der Waals surface area contributed by atoms with Gasteiger partial charge in [-0.15, -0.1) is 0 Å². The topological polar surface area (TPSA) is 79.2 Å². The van der Waals surface area contributed by atoms with Gasteiger partial charge in [0.05, 0.1) is 10.6 Å². The second kappa shape index (κ2) is 7.11. The van der Waals surface area contributed by atoms with Crippen molar-refractivity contribution >= 4 is 15.5 Å². The summed E-state index contributed by atoms with van der Waals surface area (Å²) < 4.78 is 41.6. The zero-order valence-corrected chi connectivity index (χ0v) is 13.2. The standard InChI is InChI=1S/C16H15FN2O3S/c1-23(20,21)13-7-5-12(6-8-13)22-10-9-19-16-4-2-3-15(17)14(16)11-18/h2-8,19H,9-10H2,1H3. The second-order valence-electron chi connectivity index (χ2n) is 4.79. The van der Waals surface area contributed by atoms with Gasteiger partial charge >= 0.3 is 0 Å². The molecule has 0 heterocycles. The van der Waals surface area contributed by atoms with Crippen molar-refractivity contribution in [1.29, 1.82) is 5.26 Å². The molecule has 120 valence electrons. The van der Waals surface area contributed by atoms with Crippen LogP contribution in [0.25, 0.3) is 0 Å². The summed E-state index contributed by atoms with van der Waals surface area (Å²) in [6.07, 6.45) is 1.14. The highest BCUT2D eigenvalue weighted by Crippen LogP contribution is 2.18. The molecule has 0 fully saturated rings. The first-order valence-corrected chi connectivity index (χ1v) is 8.66. The number of benzene rings is 2. The monoisotopic (exact) mass is 334 g/mol. The van der Waals surface area contributed by atoms with Crippen LogP contribution in [0.15, 0.2) is 47.4 Å². The highest BCUT2D eigenvalue weighted by Gasteiger charge is 2.08. The first-order valence-electron chi connectivity index (χ1n) is 6.77. The summed E-state index contributed by atoms with van der Waals surface area (Å²) >= 11 is 0. The van der Waals surface area contributed by atoms with Crippen molar-refractivity contribution in [3.8, 4) is 11.8 Å². The Kier molecular flexibility index (Phi) is 5.19. The average molecular weight is 334 g/mol. The molecule has 0 saturated carbocycles. The van der Waals surface area contributed by atoms with Crippen LogP contribution in [0.1, 0.15) is 5.56 Å². The zero-order valence-electron chi connectivity index (χ0n) is 12.4. The second-order valence-corrected chi connectivity index (χ2v) is 6.81. The van der Waals surface area contributed by atoms with E-state index in [1.807, 2.05) is 6.07 Å². The number of nitrogens with zero attached hydrogens (tertiary/aromatic N) is 1. The molecule has 0 amide bonds. The van der Waals surface area contributed by atoms with Crippen LogP contribution >= 0.6 is 0 Å². The molecule has 0 spiro atoms. The third-order valence-corrected chi connectivity index (χ3v) is 4.19. The van der Waals surface area contributed by atoms with Gasteiger partial charge in [-0.3, -0.25) is 0 Å². The summed E-state index contributed by atoms with van der Waals surface area (Å²) in [5, 5.41) is 11.8. The number of rotatable bonds is 6. The molecule has 2 aromatic rings. The van der Waals surface area contributed by atoms with Crippen LogP contribution in [0.3, 0.4) is 0 Å². The minimum Gasteiger partial charge on any atom is -0.492 e. The molecule has 0 radical (unpaired) electrons. The Balaban J connectivity index is 1.89. The van der Waals surface area contributed by atoms with Crippen LogP contribution in [0.2, 0.25) is 0 Å². The normalized spacial score (nSPS) is 10.8. The van der Waals surface area contributed by atoms with E-state index >= 15 is 0 Å². The maximum absolute atomic E-state index is 13.4. The fraction of sp³-hybridized carbons (Fsp3) is 0.188. The van der Waals surface area contributed by atoms with Crippen LogP contribution in [-0.4, -0.2) is 27.8 Å². The summed E-state index contributed by atoms with van der Waals surface area (Å²) in [5.41, 5.74) is 0.369. The lowest BCUT2D eigenvalue weighted by atomic mass is 10.2. The van der Waals surface area contributed by atoms with E-state index in [0.717, 1.165) is 6.26 Å². The van der Waals surface area contributed by atoms with Crippen LogP contribution in [0.5, 0.6) is 5.75 Å². The Morgan fingerprint density at radius 1 is 1.22 bits per heavy atom. The molecule has 0 bridgehead atoms.